The Labute approximate surface area is 109 Å². The van der Waals surface area contributed by atoms with Gasteiger partial charge in [0.2, 0.25) is 5.90 Å². The molecule has 0 radical (unpaired) electrons. The van der Waals surface area contributed by atoms with Crippen LogP contribution in [0.15, 0.2) is 44.9 Å². The number of nitrogens with zero attached hydrogens (tertiary/aromatic N) is 2. The van der Waals surface area contributed by atoms with Crippen LogP contribution < -0.4 is 0 Å². The van der Waals surface area contributed by atoms with E-state index in [2.05, 4.69) is 16.1 Å². The SMILES string of the molecule is O=C1OC(C2CC=CS2)=N/C1=C\C1=CC=NCC1. The first-order valence-corrected chi connectivity index (χ1v) is 6.79. The molecule has 3 heterocycles. The van der Waals surface area contributed by atoms with Gasteiger partial charge in [0, 0.05) is 12.8 Å². The van der Waals surface area contributed by atoms with Gasteiger partial charge in [-0.05, 0) is 36.0 Å². The lowest BCUT2D eigenvalue weighted by atomic mass is 10.1. The highest BCUT2D eigenvalue weighted by molar-refractivity contribution is 8.03. The highest BCUT2D eigenvalue weighted by Gasteiger charge is 2.30. The molecule has 0 amide bonds. The smallest absolute Gasteiger partial charge is 0.363 e. The average Bonchev–Trinajstić information content (AvgIpc) is 3.01. The molecular weight excluding hydrogens is 248 g/mol. The molecule has 5 heteroatoms. The lowest BCUT2D eigenvalue weighted by Gasteiger charge is -2.04. The fourth-order valence-corrected chi connectivity index (χ4v) is 2.75. The minimum atomic E-state index is -0.346. The Morgan fingerprint density at radius 3 is 3.17 bits per heavy atom. The highest BCUT2D eigenvalue weighted by atomic mass is 32.2. The summed E-state index contributed by atoms with van der Waals surface area (Å²) in [5.41, 5.74) is 1.47. The van der Waals surface area contributed by atoms with Gasteiger partial charge in [0.05, 0.1) is 5.25 Å². The van der Waals surface area contributed by atoms with Crippen LogP contribution in [0.1, 0.15) is 12.8 Å². The Kier molecular flexibility index (Phi) is 3.15. The highest BCUT2D eigenvalue weighted by Crippen LogP contribution is 2.29. The first-order chi connectivity index (χ1) is 8.83. The van der Waals surface area contributed by atoms with E-state index in [1.54, 1.807) is 24.1 Å². The normalized spacial score (nSPS) is 28.6. The number of carbonyl (C=O) groups is 1. The van der Waals surface area contributed by atoms with Crippen LogP contribution in [0.25, 0.3) is 0 Å². The summed E-state index contributed by atoms with van der Waals surface area (Å²) in [4.78, 5) is 20.1. The fraction of sp³-hybridized carbons (Fsp3) is 0.308. The quantitative estimate of drug-likeness (QED) is 0.565. The van der Waals surface area contributed by atoms with E-state index < -0.39 is 0 Å². The number of hydrogen-bond donors (Lipinski definition) is 0. The molecule has 0 spiro atoms. The molecular formula is C13H12N2O2S. The summed E-state index contributed by atoms with van der Waals surface area (Å²) in [6.07, 6.45) is 9.25. The van der Waals surface area contributed by atoms with Crippen molar-refractivity contribution in [3.8, 4) is 0 Å². The van der Waals surface area contributed by atoms with Gasteiger partial charge in [0.25, 0.3) is 0 Å². The summed E-state index contributed by atoms with van der Waals surface area (Å²) >= 11 is 1.64. The van der Waals surface area contributed by atoms with E-state index in [0.717, 1.165) is 25.0 Å². The molecule has 18 heavy (non-hydrogen) atoms. The maximum atomic E-state index is 11.7. The number of thioether (sulfide) groups is 1. The van der Waals surface area contributed by atoms with Crippen molar-refractivity contribution >= 4 is 29.8 Å². The van der Waals surface area contributed by atoms with Crippen molar-refractivity contribution in [1.29, 1.82) is 0 Å². The van der Waals surface area contributed by atoms with Crippen molar-refractivity contribution in [2.45, 2.75) is 18.1 Å². The molecule has 0 fully saturated rings. The minimum absolute atomic E-state index is 0.154. The molecule has 3 aliphatic rings. The number of carbonyl (C=O) groups excluding carboxylic acids is 1. The van der Waals surface area contributed by atoms with Gasteiger partial charge >= 0.3 is 5.97 Å². The van der Waals surface area contributed by atoms with Crippen LogP contribution >= 0.6 is 11.8 Å². The summed E-state index contributed by atoms with van der Waals surface area (Å²) in [5.74, 6) is 0.187. The molecule has 0 saturated heterocycles. The summed E-state index contributed by atoms with van der Waals surface area (Å²) in [5, 5.41) is 2.17. The zero-order valence-electron chi connectivity index (χ0n) is 9.70. The maximum absolute atomic E-state index is 11.7. The van der Waals surface area contributed by atoms with E-state index in [0.29, 0.717) is 11.6 Å². The van der Waals surface area contributed by atoms with Crippen LogP contribution in [0.3, 0.4) is 0 Å². The maximum Gasteiger partial charge on any atom is 0.363 e. The summed E-state index contributed by atoms with van der Waals surface area (Å²) < 4.78 is 5.22. The molecule has 0 aromatic rings. The predicted octanol–water partition coefficient (Wildman–Crippen LogP) is 2.25. The van der Waals surface area contributed by atoms with E-state index in [1.807, 2.05) is 11.5 Å². The largest absolute Gasteiger partial charge is 0.406 e. The Balaban J connectivity index is 1.79. The van der Waals surface area contributed by atoms with E-state index in [-0.39, 0.29) is 11.2 Å². The third kappa shape index (κ3) is 2.31. The number of ether oxygens (including phenoxy) is 1. The van der Waals surface area contributed by atoms with E-state index in [9.17, 15) is 4.79 Å². The molecule has 0 aromatic heterocycles. The molecule has 0 bridgehead atoms. The second-order valence-corrected chi connectivity index (χ2v) is 5.26. The Bertz CT molecular complexity index is 521. The van der Waals surface area contributed by atoms with Crippen LogP contribution in [0.5, 0.6) is 0 Å². The average molecular weight is 260 g/mol. The van der Waals surface area contributed by atoms with Crippen LogP contribution in [-0.2, 0) is 9.53 Å². The lowest BCUT2D eigenvalue weighted by Crippen LogP contribution is -2.15. The number of hydrogen-bond acceptors (Lipinski definition) is 5. The standard InChI is InChI=1S/C13H12N2O2S/c16-13-10(8-9-3-5-14-6-4-9)15-12(17-13)11-2-1-7-18-11/h1,3,5,7-8,11H,2,4,6H2/b10-8-. The van der Waals surface area contributed by atoms with E-state index in [1.165, 1.54) is 0 Å². The van der Waals surface area contributed by atoms with Gasteiger partial charge in [-0.25, -0.2) is 9.79 Å². The van der Waals surface area contributed by atoms with E-state index >= 15 is 0 Å². The molecule has 3 rings (SSSR count). The summed E-state index contributed by atoms with van der Waals surface area (Å²) in [7, 11) is 0. The van der Waals surface area contributed by atoms with Gasteiger partial charge in [-0.2, -0.15) is 0 Å². The van der Waals surface area contributed by atoms with Gasteiger partial charge in [-0.1, -0.05) is 6.08 Å². The van der Waals surface area contributed by atoms with Crippen LogP contribution in [0.2, 0.25) is 0 Å². The first kappa shape index (κ1) is 11.5. The van der Waals surface area contributed by atoms with Crippen molar-refractivity contribution < 1.29 is 9.53 Å². The Morgan fingerprint density at radius 1 is 1.50 bits per heavy atom. The summed E-state index contributed by atoms with van der Waals surface area (Å²) in [6, 6.07) is 0. The fourth-order valence-electron chi connectivity index (χ4n) is 1.90. The topological polar surface area (TPSA) is 51.0 Å². The van der Waals surface area contributed by atoms with Crippen molar-refractivity contribution in [3.63, 3.8) is 0 Å². The molecule has 1 atom stereocenters. The van der Waals surface area contributed by atoms with Crippen LogP contribution in [0, 0.1) is 0 Å². The number of aliphatic imine (C=N–C) groups is 2. The zero-order valence-corrected chi connectivity index (χ0v) is 10.5. The molecule has 0 aliphatic carbocycles. The molecule has 92 valence electrons. The van der Waals surface area contributed by atoms with E-state index in [4.69, 9.17) is 4.74 Å². The molecule has 0 N–H and O–H groups in total. The van der Waals surface area contributed by atoms with Crippen LogP contribution in [0.4, 0.5) is 0 Å². The first-order valence-electron chi connectivity index (χ1n) is 5.85. The number of rotatable bonds is 2. The lowest BCUT2D eigenvalue weighted by molar-refractivity contribution is -0.130. The third-order valence-corrected chi connectivity index (χ3v) is 3.92. The minimum Gasteiger partial charge on any atom is -0.406 e. The number of dihydropyridines is 1. The molecule has 1 unspecified atom stereocenters. The van der Waals surface area contributed by atoms with Crippen LogP contribution in [-0.4, -0.2) is 29.9 Å². The Hall–Kier alpha value is -1.62. The van der Waals surface area contributed by atoms with Gasteiger partial charge < -0.3 is 4.74 Å². The van der Waals surface area contributed by atoms with Crippen molar-refractivity contribution in [2.75, 3.05) is 6.54 Å². The van der Waals surface area contributed by atoms with Crippen molar-refractivity contribution in [2.24, 2.45) is 9.98 Å². The number of cyclic esters (lactones) is 1. The monoisotopic (exact) mass is 260 g/mol. The number of allylic oxidation sites excluding steroid dienone is 3. The molecule has 0 aromatic carbocycles. The van der Waals surface area contributed by atoms with Gasteiger partial charge in [-0.3, -0.25) is 4.99 Å². The molecule has 4 nitrogen and oxygen atoms in total. The van der Waals surface area contributed by atoms with Gasteiger partial charge in [-0.15, -0.1) is 11.8 Å². The third-order valence-electron chi connectivity index (χ3n) is 2.85. The number of esters is 1. The Morgan fingerprint density at radius 2 is 2.44 bits per heavy atom. The zero-order chi connectivity index (χ0) is 12.4. The summed E-state index contributed by atoms with van der Waals surface area (Å²) in [6.45, 7) is 0.767. The van der Waals surface area contributed by atoms with Crippen molar-refractivity contribution in [3.05, 3.63) is 34.9 Å². The van der Waals surface area contributed by atoms with Gasteiger partial charge in [0.15, 0.2) is 5.70 Å². The molecule has 0 saturated carbocycles. The second-order valence-electron chi connectivity index (χ2n) is 4.15. The second kappa shape index (κ2) is 4.94. The van der Waals surface area contributed by atoms with Gasteiger partial charge in [0.1, 0.15) is 0 Å². The van der Waals surface area contributed by atoms with Crippen molar-refractivity contribution in [1.82, 2.24) is 0 Å². The predicted molar refractivity (Wildman–Crippen MR) is 72.8 cm³/mol. The molecule has 3 aliphatic heterocycles.